The SMILES string of the molecule is CNC(=O)CCNc1ccc(C#N)c(Br)c1. The lowest BCUT2D eigenvalue weighted by Crippen LogP contribution is -2.20. The van der Waals surface area contributed by atoms with Gasteiger partial charge < -0.3 is 10.6 Å². The molecule has 0 bridgehead atoms. The van der Waals surface area contributed by atoms with E-state index < -0.39 is 0 Å². The first-order valence-corrected chi connectivity index (χ1v) is 5.60. The molecule has 1 rings (SSSR count). The molecule has 0 heterocycles. The van der Waals surface area contributed by atoms with Crippen LogP contribution in [0.15, 0.2) is 22.7 Å². The first kappa shape index (κ1) is 12.5. The van der Waals surface area contributed by atoms with E-state index >= 15 is 0 Å². The van der Waals surface area contributed by atoms with Crippen molar-refractivity contribution in [3.8, 4) is 6.07 Å². The van der Waals surface area contributed by atoms with Crippen LogP contribution in [-0.2, 0) is 4.79 Å². The van der Waals surface area contributed by atoms with Crippen LogP contribution in [0.2, 0.25) is 0 Å². The topological polar surface area (TPSA) is 64.9 Å². The molecule has 84 valence electrons. The molecule has 1 amide bonds. The number of hydrogen-bond acceptors (Lipinski definition) is 3. The molecule has 0 spiro atoms. The molecule has 2 N–H and O–H groups in total. The van der Waals surface area contributed by atoms with E-state index in [2.05, 4.69) is 32.6 Å². The quantitative estimate of drug-likeness (QED) is 0.886. The van der Waals surface area contributed by atoms with Gasteiger partial charge in [-0.25, -0.2) is 0 Å². The molecular weight excluding hydrogens is 270 g/mol. The summed E-state index contributed by atoms with van der Waals surface area (Å²) in [6, 6.07) is 7.43. The van der Waals surface area contributed by atoms with E-state index in [0.29, 0.717) is 18.5 Å². The number of rotatable bonds is 4. The molecule has 5 heteroatoms. The number of nitrogens with one attached hydrogen (secondary N) is 2. The van der Waals surface area contributed by atoms with Crippen LogP contribution in [0.1, 0.15) is 12.0 Å². The van der Waals surface area contributed by atoms with Gasteiger partial charge in [0.05, 0.1) is 5.56 Å². The van der Waals surface area contributed by atoms with Gasteiger partial charge >= 0.3 is 0 Å². The summed E-state index contributed by atoms with van der Waals surface area (Å²) in [5, 5.41) is 14.4. The Morgan fingerprint density at radius 2 is 2.31 bits per heavy atom. The van der Waals surface area contributed by atoms with Gasteiger partial charge in [-0.1, -0.05) is 0 Å². The summed E-state index contributed by atoms with van der Waals surface area (Å²) in [4.78, 5) is 11.0. The van der Waals surface area contributed by atoms with Crippen LogP contribution in [0, 0.1) is 11.3 Å². The third kappa shape index (κ3) is 3.55. The van der Waals surface area contributed by atoms with E-state index in [1.165, 1.54) is 0 Å². The maximum Gasteiger partial charge on any atom is 0.221 e. The molecule has 16 heavy (non-hydrogen) atoms. The van der Waals surface area contributed by atoms with Crippen molar-refractivity contribution in [2.45, 2.75) is 6.42 Å². The Morgan fingerprint density at radius 1 is 1.56 bits per heavy atom. The maximum atomic E-state index is 11.0. The summed E-state index contributed by atoms with van der Waals surface area (Å²) in [7, 11) is 1.61. The number of hydrogen-bond donors (Lipinski definition) is 2. The monoisotopic (exact) mass is 281 g/mol. The lowest BCUT2D eigenvalue weighted by molar-refractivity contribution is -0.120. The number of anilines is 1. The summed E-state index contributed by atoms with van der Waals surface area (Å²) >= 11 is 3.30. The van der Waals surface area contributed by atoms with Crippen molar-refractivity contribution < 1.29 is 4.79 Å². The number of carbonyl (C=O) groups is 1. The Kier molecular flexibility index (Phi) is 4.80. The third-order valence-electron chi connectivity index (χ3n) is 2.05. The molecular formula is C11H12BrN3O. The minimum atomic E-state index is 0.000195. The van der Waals surface area contributed by atoms with Crippen LogP contribution in [-0.4, -0.2) is 19.5 Å². The van der Waals surface area contributed by atoms with Gasteiger partial charge in [-0.15, -0.1) is 0 Å². The van der Waals surface area contributed by atoms with Gasteiger partial charge in [0.1, 0.15) is 6.07 Å². The second-order valence-electron chi connectivity index (χ2n) is 3.16. The van der Waals surface area contributed by atoms with E-state index in [-0.39, 0.29) is 5.91 Å². The molecule has 0 aliphatic carbocycles. The van der Waals surface area contributed by atoms with Gasteiger partial charge in [0.25, 0.3) is 0 Å². The highest BCUT2D eigenvalue weighted by Gasteiger charge is 2.01. The molecule has 0 fully saturated rings. The zero-order chi connectivity index (χ0) is 12.0. The highest BCUT2D eigenvalue weighted by atomic mass is 79.9. The number of nitrogens with zero attached hydrogens (tertiary/aromatic N) is 1. The Balaban J connectivity index is 2.53. The van der Waals surface area contributed by atoms with Crippen LogP contribution in [0.4, 0.5) is 5.69 Å². The molecule has 1 aromatic carbocycles. The number of halogens is 1. The summed E-state index contributed by atoms with van der Waals surface area (Å²) in [6.45, 7) is 0.567. The molecule has 0 unspecified atom stereocenters. The Bertz CT molecular complexity index is 426. The molecule has 0 aliphatic heterocycles. The van der Waals surface area contributed by atoms with Crippen LogP contribution in [0.3, 0.4) is 0 Å². The van der Waals surface area contributed by atoms with Crippen molar-refractivity contribution in [1.82, 2.24) is 5.32 Å². The zero-order valence-electron chi connectivity index (χ0n) is 8.88. The van der Waals surface area contributed by atoms with E-state index in [1.807, 2.05) is 12.1 Å². The van der Waals surface area contributed by atoms with Gasteiger partial charge in [-0.05, 0) is 34.1 Å². The van der Waals surface area contributed by atoms with Crippen LogP contribution >= 0.6 is 15.9 Å². The average molecular weight is 282 g/mol. The van der Waals surface area contributed by atoms with Crippen molar-refractivity contribution in [2.24, 2.45) is 0 Å². The van der Waals surface area contributed by atoms with Crippen LogP contribution < -0.4 is 10.6 Å². The van der Waals surface area contributed by atoms with Crippen molar-refractivity contribution in [2.75, 3.05) is 18.9 Å². The fraction of sp³-hybridized carbons (Fsp3) is 0.273. The fourth-order valence-corrected chi connectivity index (χ4v) is 1.63. The van der Waals surface area contributed by atoms with Crippen molar-refractivity contribution >= 4 is 27.5 Å². The molecule has 0 radical (unpaired) electrons. The molecule has 0 saturated heterocycles. The normalized spacial score (nSPS) is 9.31. The van der Waals surface area contributed by atoms with Gasteiger partial charge in [0, 0.05) is 30.2 Å². The summed E-state index contributed by atoms with van der Waals surface area (Å²) < 4.78 is 0.750. The number of benzene rings is 1. The minimum absolute atomic E-state index is 0.000195. The smallest absolute Gasteiger partial charge is 0.221 e. The summed E-state index contributed by atoms with van der Waals surface area (Å²) in [5.41, 5.74) is 1.48. The molecule has 0 aromatic heterocycles. The van der Waals surface area contributed by atoms with E-state index in [9.17, 15) is 4.79 Å². The number of amides is 1. The fourth-order valence-electron chi connectivity index (χ4n) is 1.16. The van der Waals surface area contributed by atoms with Crippen molar-refractivity contribution in [3.63, 3.8) is 0 Å². The van der Waals surface area contributed by atoms with Crippen LogP contribution in [0.5, 0.6) is 0 Å². The standard InChI is InChI=1S/C11H12BrN3O/c1-14-11(16)4-5-15-9-3-2-8(7-13)10(12)6-9/h2-3,6,15H,4-5H2,1H3,(H,14,16). The largest absolute Gasteiger partial charge is 0.384 e. The van der Waals surface area contributed by atoms with Crippen molar-refractivity contribution in [1.29, 1.82) is 5.26 Å². The summed E-state index contributed by atoms with van der Waals surface area (Å²) in [5.74, 6) is 0.000195. The van der Waals surface area contributed by atoms with Crippen LogP contribution in [0.25, 0.3) is 0 Å². The second kappa shape index (κ2) is 6.13. The Labute approximate surface area is 103 Å². The lowest BCUT2D eigenvalue weighted by atomic mass is 10.2. The third-order valence-corrected chi connectivity index (χ3v) is 2.71. The molecule has 4 nitrogen and oxygen atoms in total. The lowest BCUT2D eigenvalue weighted by Gasteiger charge is -2.06. The highest BCUT2D eigenvalue weighted by Crippen LogP contribution is 2.20. The predicted molar refractivity (Wildman–Crippen MR) is 66.0 cm³/mol. The van der Waals surface area contributed by atoms with Gasteiger partial charge in [0.15, 0.2) is 0 Å². The molecule has 0 saturated carbocycles. The Hall–Kier alpha value is -1.54. The highest BCUT2D eigenvalue weighted by molar-refractivity contribution is 9.10. The van der Waals surface area contributed by atoms with Gasteiger partial charge in [0.2, 0.25) is 5.91 Å². The number of carbonyl (C=O) groups excluding carboxylic acids is 1. The van der Waals surface area contributed by atoms with Crippen molar-refractivity contribution in [3.05, 3.63) is 28.2 Å². The van der Waals surface area contributed by atoms with E-state index in [1.54, 1.807) is 13.1 Å². The summed E-state index contributed by atoms with van der Waals surface area (Å²) in [6.07, 6.45) is 0.425. The van der Waals surface area contributed by atoms with E-state index in [4.69, 9.17) is 5.26 Å². The predicted octanol–water partition coefficient (Wildman–Crippen LogP) is 1.87. The first-order chi connectivity index (χ1) is 7.67. The molecule has 1 aromatic rings. The molecule has 0 aliphatic rings. The molecule has 0 atom stereocenters. The second-order valence-corrected chi connectivity index (χ2v) is 4.01. The van der Waals surface area contributed by atoms with Gasteiger partial charge in [-0.3, -0.25) is 4.79 Å². The van der Waals surface area contributed by atoms with E-state index in [0.717, 1.165) is 10.2 Å². The zero-order valence-corrected chi connectivity index (χ0v) is 10.5. The number of nitriles is 1. The Morgan fingerprint density at radius 3 is 2.88 bits per heavy atom. The first-order valence-electron chi connectivity index (χ1n) is 4.81. The minimum Gasteiger partial charge on any atom is -0.384 e. The average Bonchev–Trinajstić information content (AvgIpc) is 2.29. The maximum absolute atomic E-state index is 11.0. The van der Waals surface area contributed by atoms with Gasteiger partial charge in [-0.2, -0.15) is 5.26 Å².